The van der Waals surface area contributed by atoms with Crippen LogP contribution < -0.4 is 5.32 Å². The molecule has 0 aliphatic carbocycles. The smallest absolute Gasteiger partial charge is 0.263 e. The van der Waals surface area contributed by atoms with Crippen molar-refractivity contribution in [1.82, 2.24) is 10.2 Å². The van der Waals surface area contributed by atoms with E-state index in [2.05, 4.69) is 17.1 Å². The fourth-order valence-electron chi connectivity index (χ4n) is 2.51. The molecule has 1 atom stereocenters. The van der Waals surface area contributed by atoms with Crippen LogP contribution in [0.3, 0.4) is 0 Å². The Morgan fingerprint density at radius 3 is 2.89 bits per heavy atom. The zero-order chi connectivity index (χ0) is 13.0. The number of nitrogens with one attached hydrogen (secondary N) is 1. The van der Waals surface area contributed by atoms with Gasteiger partial charge in [0.25, 0.3) is 6.43 Å². The molecule has 18 heavy (non-hydrogen) atoms. The first kappa shape index (κ1) is 13.4. The van der Waals surface area contributed by atoms with E-state index in [1.54, 1.807) is 12.1 Å². The minimum absolute atomic E-state index is 0.119. The summed E-state index contributed by atoms with van der Waals surface area (Å²) in [6.07, 6.45) is -1.24. The van der Waals surface area contributed by atoms with Gasteiger partial charge in [-0.2, -0.15) is 0 Å². The van der Waals surface area contributed by atoms with E-state index in [0.717, 1.165) is 38.2 Å². The van der Waals surface area contributed by atoms with E-state index < -0.39 is 6.43 Å². The van der Waals surface area contributed by atoms with Gasteiger partial charge >= 0.3 is 0 Å². The van der Waals surface area contributed by atoms with Crippen LogP contribution in [0.5, 0.6) is 0 Å². The van der Waals surface area contributed by atoms with Crippen molar-refractivity contribution in [2.45, 2.75) is 32.4 Å². The van der Waals surface area contributed by atoms with Crippen LogP contribution in [0.1, 0.15) is 30.9 Å². The van der Waals surface area contributed by atoms with Crippen molar-refractivity contribution in [1.29, 1.82) is 0 Å². The summed E-state index contributed by atoms with van der Waals surface area (Å²) in [5, 5.41) is 3.34. The highest BCUT2D eigenvalue weighted by Gasteiger charge is 2.21. The Bertz CT molecular complexity index is 376. The van der Waals surface area contributed by atoms with Gasteiger partial charge in [-0.1, -0.05) is 25.1 Å². The van der Waals surface area contributed by atoms with Crippen molar-refractivity contribution >= 4 is 0 Å². The predicted octanol–water partition coefficient (Wildman–Crippen LogP) is 2.81. The van der Waals surface area contributed by atoms with Gasteiger partial charge in [0, 0.05) is 24.7 Å². The Morgan fingerprint density at radius 1 is 1.44 bits per heavy atom. The lowest BCUT2D eigenvalue weighted by molar-refractivity contribution is 0.151. The number of hydrogen-bond acceptors (Lipinski definition) is 2. The highest BCUT2D eigenvalue weighted by molar-refractivity contribution is 5.24. The third-order valence-corrected chi connectivity index (χ3v) is 3.55. The molecule has 100 valence electrons. The molecule has 0 spiro atoms. The summed E-state index contributed by atoms with van der Waals surface area (Å²) in [5.41, 5.74) is 1.09. The second-order valence-corrected chi connectivity index (χ2v) is 4.76. The largest absolute Gasteiger partial charge is 0.315 e. The molecule has 1 N–H and O–H groups in total. The second-order valence-electron chi connectivity index (χ2n) is 4.76. The molecule has 1 fully saturated rings. The lowest BCUT2D eigenvalue weighted by atomic mass is 10.1. The molecule has 1 aromatic carbocycles. The molecule has 0 radical (unpaired) electrons. The van der Waals surface area contributed by atoms with Crippen LogP contribution in [0.2, 0.25) is 0 Å². The van der Waals surface area contributed by atoms with Crippen LogP contribution >= 0.6 is 0 Å². The van der Waals surface area contributed by atoms with E-state index in [1.807, 2.05) is 6.07 Å². The molecular weight excluding hydrogens is 234 g/mol. The van der Waals surface area contributed by atoms with Crippen molar-refractivity contribution in [2.24, 2.45) is 0 Å². The van der Waals surface area contributed by atoms with Gasteiger partial charge in [-0.05, 0) is 31.1 Å². The van der Waals surface area contributed by atoms with Gasteiger partial charge in [0.1, 0.15) is 0 Å². The molecule has 2 rings (SSSR count). The average Bonchev–Trinajstić information content (AvgIpc) is 2.90. The lowest BCUT2D eigenvalue weighted by Crippen LogP contribution is -2.36. The third-order valence-electron chi connectivity index (χ3n) is 3.55. The first-order valence-corrected chi connectivity index (χ1v) is 6.52. The van der Waals surface area contributed by atoms with E-state index in [0.29, 0.717) is 6.04 Å². The van der Waals surface area contributed by atoms with E-state index in [1.165, 1.54) is 6.07 Å². The molecule has 4 heteroatoms. The molecular formula is C14H20F2N2. The number of hydrogen-bond donors (Lipinski definition) is 1. The van der Waals surface area contributed by atoms with Gasteiger partial charge in [0.2, 0.25) is 0 Å². The molecule has 0 amide bonds. The highest BCUT2D eigenvalue weighted by Crippen LogP contribution is 2.21. The van der Waals surface area contributed by atoms with E-state index in [-0.39, 0.29) is 5.56 Å². The molecule has 1 saturated heterocycles. The van der Waals surface area contributed by atoms with Crippen LogP contribution in [-0.4, -0.2) is 30.6 Å². The van der Waals surface area contributed by atoms with Gasteiger partial charge in [0.15, 0.2) is 0 Å². The standard InChI is InChI=1S/C14H20F2N2/c1-2-18(13-6-7-17-9-13)10-11-4-3-5-12(8-11)14(15)16/h3-5,8,13-14,17H,2,6-7,9-10H2,1H3. The zero-order valence-corrected chi connectivity index (χ0v) is 10.7. The monoisotopic (exact) mass is 254 g/mol. The summed E-state index contributed by atoms with van der Waals surface area (Å²) >= 11 is 0. The van der Waals surface area contributed by atoms with E-state index in [9.17, 15) is 8.78 Å². The molecule has 1 aliphatic rings. The fraction of sp³-hybridized carbons (Fsp3) is 0.571. The fourth-order valence-corrected chi connectivity index (χ4v) is 2.51. The average molecular weight is 254 g/mol. The van der Waals surface area contributed by atoms with Crippen LogP contribution in [-0.2, 0) is 6.54 Å². The summed E-state index contributed by atoms with van der Waals surface area (Å²) < 4.78 is 25.3. The predicted molar refractivity (Wildman–Crippen MR) is 68.8 cm³/mol. The summed E-state index contributed by atoms with van der Waals surface area (Å²) in [6, 6.07) is 7.29. The van der Waals surface area contributed by atoms with E-state index in [4.69, 9.17) is 0 Å². The Balaban J connectivity index is 2.04. The molecule has 1 aliphatic heterocycles. The topological polar surface area (TPSA) is 15.3 Å². The van der Waals surface area contributed by atoms with Crippen LogP contribution in [0.15, 0.2) is 24.3 Å². The first-order chi connectivity index (χ1) is 8.70. The number of benzene rings is 1. The van der Waals surface area contributed by atoms with E-state index >= 15 is 0 Å². The van der Waals surface area contributed by atoms with Crippen molar-refractivity contribution in [3.8, 4) is 0 Å². The maximum Gasteiger partial charge on any atom is 0.263 e. The molecule has 1 aromatic rings. The molecule has 2 nitrogen and oxygen atoms in total. The number of halogens is 2. The number of likely N-dealkylation sites (N-methyl/N-ethyl adjacent to an activating group) is 1. The molecule has 0 bridgehead atoms. The Labute approximate surface area is 107 Å². The quantitative estimate of drug-likeness (QED) is 0.869. The molecule has 1 heterocycles. The first-order valence-electron chi connectivity index (χ1n) is 6.52. The number of nitrogens with zero attached hydrogens (tertiary/aromatic N) is 1. The second kappa shape index (κ2) is 6.25. The number of alkyl halides is 2. The molecule has 0 aromatic heterocycles. The van der Waals surface area contributed by atoms with Gasteiger partial charge in [-0.25, -0.2) is 8.78 Å². The third kappa shape index (κ3) is 3.27. The van der Waals surface area contributed by atoms with Crippen LogP contribution in [0.4, 0.5) is 8.78 Å². The lowest BCUT2D eigenvalue weighted by Gasteiger charge is -2.27. The van der Waals surface area contributed by atoms with Gasteiger partial charge in [0.05, 0.1) is 0 Å². The summed E-state index contributed by atoms with van der Waals surface area (Å²) in [5.74, 6) is 0. The Morgan fingerprint density at radius 2 is 2.28 bits per heavy atom. The summed E-state index contributed by atoms with van der Waals surface area (Å²) in [4.78, 5) is 2.35. The van der Waals surface area contributed by atoms with Gasteiger partial charge in [-0.15, -0.1) is 0 Å². The SMILES string of the molecule is CCN(Cc1cccc(C(F)F)c1)C1CCNC1. The van der Waals surface area contributed by atoms with Crippen molar-refractivity contribution < 1.29 is 8.78 Å². The minimum atomic E-state index is -2.38. The van der Waals surface area contributed by atoms with Crippen LogP contribution in [0, 0.1) is 0 Å². The normalized spacial score (nSPS) is 19.9. The summed E-state index contributed by atoms with van der Waals surface area (Å²) in [7, 11) is 0. The number of rotatable bonds is 5. The van der Waals surface area contributed by atoms with Crippen molar-refractivity contribution in [2.75, 3.05) is 19.6 Å². The maximum atomic E-state index is 12.6. The van der Waals surface area contributed by atoms with Gasteiger partial charge in [-0.3, -0.25) is 4.90 Å². The van der Waals surface area contributed by atoms with Crippen molar-refractivity contribution in [3.63, 3.8) is 0 Å². The Kier molecular flexibility index (Phi) is 4.66. The van der Waals surface area contributed by atoms with Gasteiger partial charge < -0.3 is 5.32 Å². The molecule has 0 saturated carbocycles. The molecule has 1 unspecified atom stereocenters. The van der Waals surface area contributed by atoms with Crippen molar-refractivity contribution in [3.05, 3.63) is 35.4 Å². The minimum Gasteiger partial charge on any atom is -0.315 e. The highest BCUT2D eigenvalue weighted by atomic mass is 19.3. The zero-order valence-electron chi connectivity index (χ0n) is 10.7. The Hall–Kier alpha value is -1.00. The summed E-state index contributed by atoms with van der Waals surface area (Å²) in [6.45, 7) is 5.88. The maximum absolute atomic E-state index is 12.6. The van der Waals surface area contributed by atoms with Crippen LogP contribution in [0.25, 0.3) is 0 Å².